The van der Waals surface area contributed by atoms with Crippen molar-refractivity contribution in [1.82, 2.24) is 0 Å². The van der Waals surface area contributed by atoms with Crippen LogP contribution in [-0.4, -0.2) is 31.5 Å². The molecule has 116 valence electrons. The largest absolute Gasteiger partial charge is 0.497 e. The number of nitrogens with one attached hydrogen (secondary N) is 1. The van der Waals surface area contributed by atoms with Crippen LogP contribution < -0.4 is 10.1 Å². The second-order valence-electron chi connectivity index (χ2n) is 4.89. The number of hydrogen-bond donors (Lipinski definition) is 1. The van der Waals surface area contributed by atoms with E-state index in [9.17, 15) is 9.59 Å². The van der Waals surface area contributed by atoms with Crippen molar-refractivity contribution in [3.8, 4) is 5.75 Å². The van der Waals surface area contributed by atoms with Gasteiger partial charge in [-0.3, -0.25) is 9.59 Å². The lowest BCUT2D eigenvalue weighted by Crippen LogP contribution is -2.34. The third-order valence-electron chi connectivity index (χ3n) is 3.38. The Labute approximate surface area is 125 Å². The van der Waals surface area contributed by atoms with E-state index in [1.165, 1.54) is 6.92 Å². The van der Waals surface area contributed by atoms with E-state index in [2.05, 4.69) is 5.32 Å². The molecule has 0 spiro atoms. The number of ether oxygens (including phenoxy) is 2. The van der Waals surface area contributed by atoms with Crippen molar-refractivity contribution in [1.29, 1.82) is 0 Å². The first-order valence-electron chi connectivity index (χ1n) is 7.04. The number of hydrogen-bond acceptors (Lipinski definition) is 5. The molecule has 5 heteroatoms. The van der Waals surface area contributed by atoms with Gasteiger partial charge in [-0.1, -0.05) is 6.92 Å². The first kappa shape index (κ1) is 17.0. The summed E-state index contributed by atoms with van der Waals surface area (Å²) in [7, 11) is 1.60. The van der Waals surface area contributed by atoms with Gasteiger partial charge < -0.3 is 14.8 Å². The standard InChI is InChI=1S/C16H23NO4/c1-5-21-16(19)10-15(11(2)12(3)18)17-13-6-8-14(20-4)9-7-13/h6-9,11,15,17H,5,10H2,1-4H3/t11-,15-/m1/s1. The van der Waals surface area contributed by atoms with Crippen LogP contribution in [0.2, 0.25) is 0 Å². The Balaban J connectivity index is 2.79. The van der Waals surface area contributed by atoms with E-state index in [0.717, 1.165) is 11.4 Å². The van der Waals surface area contributed by atoms with E-state index < -0.39 is 0 Å². The highest BCUT2D eigenvalue weighted by molar-refractivity contribution is 5.81. The van der Waals surface area contributed by atoms with Gasteiger partial charge in [0.1, 0.15) is 11.5 Å². The molecule has 0 unspecified atom stereocenters. The Kier molecular flexibility index (Phi) is 6.72. The summed E-state index contributed by atoms with van der Waals surface area (Å²) < 4.78 is 10.1. The van der Waals surface area contributed by atoms with Crippen molar-refractivity contribution >= 4 is 17.4 Å². The maximum Gasteiger partial charge on any atom is 0.307 e. The molecule has 1 rings (SSSR count). The number of carbonyl (C=O) groups excluding carboxylic acids is 2. The molecule has 1 aromatic carbocycles. The lowest BCUT2D eigenvalue weighted by molar-refractivity contribution is -0.143. The van der Waals surface area contributed by atoms with Crippen LogP contribution in [0.15, 0.2) is 24.3 Å². The van der Waals surface area contributed by atoms with Crippen molar-refractivity contribution in [2.24, 2.45) is 5.92 Å². The molecule has 1 N–H and O–H groups in total. The summed E-state index contributed by atoms with van der Waals surface area (Å²) in [6.45, 7) is 5.43. The minimum atomic E-state index is -0.309. The summed E-state index contributed by atoms with van der Waals surface area (Å²) in [5.41, 5.74) is 0.832. The number of carbonyl (C=O) groups is 2. The molecular weight excluding hydrogens is 270 g/mol. The zero-order valence-corrected chi connectivity index (χ0v) is 13.0. The minimum Gasteiger partial charge on any atom is -0.497 e. The molecule has 21 heavy (non-hydrogen) atoms. The third-order valence-corrected chi connectivity index (χ3v) is 3.38. The number of ketones is 1. The SMILES string of the molecule is CCOC(=O)C[C@@H](Nc1ccc(OC)cc1)[C@H](C)C(C)=O. The van der Waals surface area contributed by atoms with Gasteiger partial charge in [0.2, 0.25) is 0 Å². The summed E-state index contributed by atoms with van der Waals surface area (Å²) in [6, 6.07) is 7.05. The van der Waals surface area contributed by atoms with Crippen molar-refractivity contribution in [3.05, 3.63) is 24.3 Å². The Bertz CT molecular complexity index is 470. The molecule has 0 radical (unpaired) electrons. The highest BCUT2D eigenvalue weighted by atomic mass is 16.5. The molecule has 0 amide bonds. The zero-order valence-electron chi connectivity index (χ0n) is 13.0. The fourth-order valence-corrected chi connectivity index (χ4v) is 1.94. The van der Waals surface area contributed by atoms with Gasteiger partial charge in [0.15, 0.2) is 0 Å². The first-order chi connectivity index (χ1) is 9.97. The topological polar surface area (TPSA) is 64.6 Å². The van der Waals surface area contributed by atoms with Crippen LogP contribution in [0.1, 0.15) is 27.2 Å². The number of Topliss-reactive ketones (excluding diaryl/α,β-unsaturated/α-hetero) is 1. The van der Waals surface area contributed by atoms with Crippen LogP contribution in [-0.2, 0) is 14.3 Å². The Morgan fingerprint density at radius 1 is 1.24 bits per heavy atom. The van der Waals surface area contributed by atoms with E-state index >= 15 is 0 Å². The fourth-order valence-electron chi connectivity index (χ4n) is 1.94. The lowest BCUT2D eigenvalue weighted by atomic mass is 9.95. The molecule has 0 heterocycles. The summed E-state index contributed by atoms with van der Waals surface area (Å²) in [5.74, 6) is 0.195. The predicted molar refractivity (Wildman–Crippen MR) is 81.5 cm³/mol. The van der Waals surface area contributed by atoms with Crippen LogP contribution in [0.25, 0.3) is 0 Å². The molecule has 0 fully saturated rings. The van der Waals surface area contributed by atoms with Crippen LogP contribution in [0.3, 0.4) is 0 Å². The van der Waals surface area contributed by atoms with Crippen molar-refractivity contribution < 1.29 is 19.1 Å². The first-order valence-corrected chi connectivity index (χ1v) is 7.04. The van der Waals surface area contributed by atoms with E-state index in [1.54, 1.807) is 14.0 Å². The number of anilines is 1. The molecule has 0 aliphatic carbocycles. The monoisotopic (exact) mass is 293 g/mol. The molecule has 2 atom stereocenters. The van der Waals surface area contributed by atoms with Crippen LogP contribution in [0, 0.1) is 5.92 Å². The smallest absolute Gasteiger partial charge is 0.307 e. The van der Waals surface area contributed by atoms with Crippen LogP contribution in [0.5, 0.6) is 5.75 Å². The van der Waals surface area contributed by atoms with Gasteiger partial charge in [0, 0.05) is 17.6 Å². The van der Waals surface area contributed by atoms with Crippen LogP contribution >= 0.6 is 0 Å². The van der Waals surface area contributed by atoms with Gasteiger partial charge in [-0.25, -0.2) is 0 Å². The number of esters is 1. The maximum atomic E-state index is 11.7. The van der Waals surface area contributed by atoms with Crippen LogP contribution in [0.4, 0.5) is 5.69 Å². The van der Waals surface area contributed by atoms with E-state index in [0.29, 0.717) is 6.61 Å². The van der Waals surface area contributed by atoms with Gasteiger partial charge in [0.25, 0.3) is 0 Å². The Morgan fingerprint density at radius 2 is 1.86 bits per heavy atom. The summed E-state index contributed by atoms with van der Waals surface area (Å²) in [4.78, 5) is 23.3. The molecule has 0 saturated heterocycles. The van der Waals surface area contributed by atoms with Gasteiger partial charge in [-0.2, -0.15) is 0 Å². The quantitative estimate of drug-likeness (QED) is 0.746. The van der Waals surface area contributed by atoms with E-state index in [-0.39, 0.29) is 30.1 Å². The van der Waals surface area contributed by atoms with Crippen molar-refractivity contribution in [2.75, 3.05) is 19.0 Å². The molecule has 0 saturated carbocycles. The average molecular weight is 293 g/mol. The normalized spacial score (nSPS) is 13.1. The Morgan fingerprint density at radius 3 is 2.33 bits per heavy atom. The molecule has 0 aliphatic heterocycles. The number of rotatable bonds is 8. The predicted octanol–water partition coefficient (Wildman–Crippen LogP) is 2.65. The van der Waals surface area contributed by atoms with Gasteiger partial charge in [0.05, 0.1) is 20.1 Å². The lowest BCUT2D eigenvalue weighted by Gasteiger charge is -2.23. The average Bonchev–Trinajstić information content (AvgIpc) is 2.46. The van der Waals surface area contributed by atoms with E-state index in [4.69, 9.17) is 9.47 Å². The van der Waals surface area contributed by atoms with E-state index in [1.807, 2.05) is 31.2 Å². The fraction of sp³-hybridized carbons (Fsp3) is 0.500. The number of benzene rings is 1. The van der Waals surface area contributed by atoms with Crippen molar-refractivity contribution in [2.45, 2.75) is 33.2 Å². The highest BCUT2D eigenvalue weighted by Crippen LogP contribution is 2.20. The summed E-state index contributed by atoms with van der Waals surface area (Å²) in [5, 5.41) is 3.22. The van der Waals surface area contributed by atoms with Gasteiger partial charge >= 0.3 is 5.97 Å². The molecular formula is C16H23NO4. The molecule has 0 aromatic heterocycles. The summed E-state index contributed by atoms with van der Waals surface area (Å²) >= 11 is 0. The second kappa shape index (κ2) is 8.29. The zero-order chi connectivity index (χ0) is 15.8. The van der Waals surface area contributed by atoms with Gasteiger partial charge in [-0.15, -0.1) is 0 Å². The number of methoxy groups -OCH3 is 1. The maximum absolute atomic E-state index is 11.7. The Hall–Kier alpha value is -2.04. The summed E-state index contributed by atoms with van der Waals surface area (Å²) in [6.07, 6.45) is 0.153. The molecule has 5 nitrogen and oxygen atoms in total. The second-order valence-corrected chi connectivity index (χ2v) is 4.89. The highest BCUT2D eigenvalue weighted by Gasteiger charge is 2.24. The molecule has 0 bridgehead atoms. The molecule has 0 aliphatic rings. The molecule has 1 aromatic rings. The third kappa shape index (κ3) is 5.45. The van der Waals surface area contributed by atoms with Crippen molar-refractivity contribution in [3.63, 3.8) is 0 Å². The van der Waals surface area contributed by atoms with Gasteiger partial charge in [-0.05, 0) is 38.1 Å². The minimum absolute atomic E-state index is 0.0327.